The van der Waals surface area contributed by atoms with E-state index in [1.54, 1.807) is 0 Å². The topological polar surface area (TPSA) is 66.5 Å². The molecule has 2 aliphatic rings. The quantitative estimate of drug-likeness (QED) is 0.916. The fraction of sp³-hybridized carbons (Fsp3) is 0.562. The molecule has 126 valence electrons. The number of hydrogen-bond donors (Lipinski definition) is 1. The van der Waals surface area contributed by atoms with Crippen molar-refractivity contribution in [2.45, 2.75) is 55.5 Å². The zero-order chi connectivity index (χ0) is 16.7. The number of hydrogen-bond acceptors (Lipinski definition) is 3. The van der Waals surface area contributed by atoms with Gasteiger partial charge in [-0.05, 0) is 49.9 Å². The molecule has 2 aliphatic heterocycles. The van der Waals surface area contributed by atoms with Gasteiger partial charge in [0.05, 0.1) is 10.4 Å². The molecule has 0 bridgehead atoms. The van der Waals surface area contributed by atoms with Crippen LogP contribution in [0.25, 0.3) is 0 Å². The van der Waals surface area contributed by atoms with Crippen LogP contribution in [0.15, 0.2) is 29.2 Å². The van der Waals surface area contributed by atoms with Gasteiger partial charge < -0.3 is 5.32 Å². The largest absolute Gasteiger partial charge is 0.349 e. The maximum absolute atomic E-state index is 13.1. The summed E-state index contributed by atoms with van der Waals surface area (Å²) in [4.78, 5) is 11.8. The molecule has 0 radical (unpaired) electrons. The molecule has 1 N–H and O–H groups in total. The van der Waals surface area contributed by atoms with Crippen molar-refractivity contribution in [3.05, 3.63) is 30.1 Å². The first-order chi connectivity index (χ1) is 10.9. The molecule has 2 saturated heterocycles. The summed E-state index contributed by atoms with van der Waals surface area (Å²) >= 11 is 0. The first-order valence-electron chi connectivity index (χ1n) is 7.97. The Hall–Kier alpha value is -1.47. The van der Waals surface area contributed by atoms with Gasteiger partial charge in [-0.15, -0.1) is 0 Å². The Balaban J connectivity index is 1.97. The highest BCUT2D eigenvalue weighted by molar-refractivity contribution is 7.89. The van der Waals surface area contributed by atoms with Gasteiger partial charge in [0.1, 0.15) is 5.82 Å². The third kappa shape index (κ3) is 2.76. The zero-order valence-electron chi connectivity index (χ0n) is 13.1. The summed E-state index contributed by atoms with van der Waals surface area (Å²) in [6.07, 6.45) is 3.24. The molecule has 0 aliphatic carbocycles. The minimum Gasteiger partial charge on any atom is -0.349 e. The maximum Gasteiger partial charge on any atom is 0.243 e. The lowest BCUT2D eigenvalue weighted by Gasteiger charge is -2.47. The van der Waals surface area contributed by atoms with Gasteiger partial charge in [-0.1, -0.05) is 6.92 Å². The number of amides is 1. The number of carbonyl (C=O) groups excluding carboxylic acids is 1. The van der Waals surface area contributed by atoms with E-state index >= 15 is 0 Å². The van der Waals surface area contributed by atoms with E-state index in [0.29, 0.717) is 32.2 Å². The number of sulfonamides is 1. The minimum absolute atomic E-state index is 0.00974. The molecule has 7 heteroatoms. The normalized spacial score (nSPS) is 29.0. The molecule has 3 rings (SSSR count). The first-order valence-corrected chi connectivity index (χ1v) is 9.41. The molecule has 2 atom stereocenters. The smallest absolute Gasteiger partial charge is 0.243 e. The molecule has 2 fully saturated rings. The number of nitrogens with zero attached hydrogens (tertiary/aromatic N) is 1. The van der Waals surface area contributed by atoms with Crippen molar-refractivity contribution in [3.63, 3.8) is 0 Å². The van der Waals surface area contributed by atoms with Crippen molar-refractivity contribution in [2.24, 2.45) is 0 Å². The highest BCUT2D eigenvalue weighted by Crippen LogP contribution is 2.39. The van der Waals surface area contributed by atoms with E-state index in [-0.39, 0.29) is 16.8 Å². The van der Waals surface area contributed by atoms with Crippen molar-refractivity contribution in [1.82, 2.24) is 9.62 Å². The second kappa shape index (κ2) is 5.87. The number of carbonyl (C=O) groups is 1. The van der Waals surface area contributed by atoms with E-state index in [0.717, 1.165) is 18.6 Å². The van der Waals surface area contributed by atoms with E-state index in [1.807, 2.05) is 6.92 Å². The van der Waals surface area contributed by atoms with Gasteiger partial charge in [-0.3, -0.25) is 4.79 Å². The second-order valence-electron chi connectivity index (χ2n) is 6.30. The number of nitrogens with one attached hydrogen (secondary N) is 1. The molecular weight excluding hydrogens is 319 g/mol. The van der Waals surface area contributed by atoms with Gasteiger partial charge >= 0.3 is 0 Å². The number of piperidine rings is 1. The molecule has 0 unspecified atom stereocenters. The average molecular weight is 340 g/mol. The lowest BCUT2D eigenvalue weighted by Crippen LogP contribution is -2.62. The van der Waals surface area contributed by atoms with Gasteiger partial charge in [-0.2, -0.15) is 4.31 Å². The summed E-state index contributed by atoms with van der Waals surface area (Å²) in [6.45, 7) is 2.37. The Bertz CT molecular complexity index is 705. The summed E-state index contributed by atoms with van der Waals surface area (Å²) in [5, 5.41) is 3.03. The SMILES string of the molecule is CC[C@@H]1N(S(=O)(=O)c2ccc(F)cc2)CCC[C@]12CCC(=O)N2. The monoisotopic (exact) mass is 340 g/mol. The van der Waals surface area contributed by atoms with Gasteiger partial charge in [0.25, 0.3) is 0 Å². The van der Waals surface area contributed by atoms with Crippen molar-refractivity contribution in [3.8, 4) is 0 Å². The van der Waals surface area contributed by atoms with Crippen molar-refractivity contribution < 1.29 is 17.6 Å². The van der Waals surface area contributed by atoms with Crippen LogP contribution in [0.3, 0.4) is 0 Å². The van der Waals surface area contributed by atoms with Crippen LogP contribution in [-0.4, -0.2) is 36.8 Å². The van der Waals surface area contributed by atoms with E-state index in [1.165, 1.54) is 16.4 Å². The number of halogens is 1. The molecule has 23 heavy (non-hydrogen) atoms. The Morgan fingerprint density at radius 2 is 2.00 bits per heavy atom. The van der Waals surface area contributed by atoms with Gasteiger partial charge in [0, 0.05) is 19.0 Å². The Labute approximate surface area is 135 Å². The van der Waals surface area contributed by atoms with Crippen LogP contribution in [0.4, 0.5) is 4.39 Å². The fourth-order valence-electron chi connectivity index (χ4n) is 3.95. The highest BCUT2D eigenvalue weighted by Gasteiger charge is 2.51. The molecule has 1 aromatic carbocycles. The fourth-order valence-corrected chi connectivity index (χ4v) is 5.76. The van der Waals surface area contributed by atoms with Crippen LogP contribution in [0.5, 0.6) is 0 Å². The molecule has 2 heterocycles. The van der Waals surface area contributed by atoms with E-state index in [9.17, 15) is 17.6 Å². The molecule has 1 aromatic rings. The Morgan fingerprint density at radius 3 is 2.57 bits per heavy atom. The van der Waals surface area contributed by atoms with Crippen LogP contribution >= 0.6 is 0 Å². The van der Waals surface area contributed by atoms with Gasteiger partial charge in [0.15, 0.2) is 0 Å². The summed E-state index contributed by atoms with van der Waals surface area (Å²) in [5.41, 5.74) is -0.461. The summed E-state index contributed by atoms with van der Waals surface area (Å²) < 4.78 is 40.5. The summed E-state index contributed by atoms with van der Waals surface area (Å²) in [6, 6.07) is 4.64. The van der Waals surface area contributed by atoms with Crippen LogP contribution in [0, 0.1) is 5.82 Å². The predicted octanol–water partition coefficient (Wildman–Crippen LogP) is 2.04. The minimum atomic E-state index is -3.71. The molecule has 1 spiro atoms. The highest BCUT2D eigenvalue weighted by atomic mass is 32.2. The van der Waals surface area contributed by atoms with E-state index in [2.05, 4.69) is 5.32 Å². The molecule has 0 saturated carbocycles. The molecule has 5 nitrogen and oxygen atoms in total. The maximum atomic E-state index is 13.1. The van der Waals surface area contributed by atoms with Crippen molar-refractivity contribution >= 4 is 15.9 Å². The van der Waals surface area contributed by atoms with Crippen LogP contribution in [0.1, 0.15) is 39.0 Å². The van der Waals surface area contributed by atoms with E-state index in [4.69, 9.17) is 0 Å². The van der Waals surface area contributed by atoms with Crippen molar-refractivity contribution in [2.75, 3.05) is 6.54 Å². The summed E-state index contributed by atoms with van der Waals surface area (Å²) in [5.74, 6) is -0.473. The van der Waals surface area contributed by atoms with Gasteiger partial charge in [0.2, 0.25) is 15.9 Å². The average Bonchev–Trinajstić information content (AvgIpc) is 2.88. The summed E-state index contributed by atoms with van der Waals surface area (Å²) in [7, 11) is -3.71. The molecule has 1 amide bonds. The number of benzene rings is 1. The lowest BCUT2D eigenvalue weighted by molar-refractivity contribution is -0.120. The lowest BCUT2D eigenvalue weighted by atomic mass is 9.80. The van der Waals surface area contributed by atoms with Crippen LogP contribution in [-0.2, 0) is 14.8 Å². The molecule has 0 aromatic heterocycles. The third-order valence-corrected chi connectivity index (χ3v) is 6.90. The zero-order valence-corrected chi connectivity index (χ0v) is 13.9. The van der Waals surface area contributed by atoms with Crippen molar-refractivity contribution in [1.29, 1.82) is 0 Å². The molecular formula is C16H21FN2O3S. The van der Waals surface area contributed by atoms with Gasteiger partial charge in [-0.25, -0.2) is 12.8 Å². The van der Waals surface area contributed by atoms with Crippen LogP contribution < -0.4 is 5.32 Å². The Morgan fingerprint density at radius 1 is 1.30 bits per heavy atom. The second-order valence-corrected chi connectivity index (χ2v) is 8.19. The van der Waals surface area contributed by atoms with E-state index < -0.39 is 21.4 Å². The van der Waals surface area contributed by atoms with Crippen LogP contribution in [0.2, 0.25) is 0 Å². The standard InChI is InChI=1S/C16H21FN2O3S/c1-2-14-16(10-8-15(20)18-16)9-3-11-19(14)23(21,22)13-6-4-12(17)5-7-13/h4-7,14H,2-3,8-11H2,1H3,(H,18,20)/t14-,16-/m0/s1. The third-order valence-electron chi connectivity index (χ3n) is 4.98. The Kier molecular flexibility index (Phi) is 4.18. The first kappa shape index (κ1) is 16.4. The number of rotatable bonds is 3. The predicted molar refractivity (Wildman–Crippen MR) is 83.7 cm³/mol.